The van der Waals surface area contributed by atoms with E-state index in [0.29, 0.717) is 24.5 Å². The van der Waals surface area contributed by atoms with E-state index in [1.54, 1.807) is 47.8 Å². The first-order valence-corrected chi connectivity index (χ1v) is 10.0. The molecule has 6 nitrogen and oxygen atoms in total. The average Bonchev–Trinajstić information content (AvgIpc) is 3.48. The smallest absolute Gasteiger partial charge is 0.256 e. The molecule has 3 heterocycles. The van der Waals surface area contributed by atoms with Crippen molar-refractivity contribution in [1.82, 2.24) is 19.4 Å². The molecule has 1 aromatic carbocycles. The molecule has 7 heteroatoms. The fraction of sp³-hybridized carbons (Fsp3) is 0.136. The molecule has 0 fully saturated rings. The Balaban J connectivity index is 1.60. The summed E-state index contributed by atoms with van der Waals surface area (Å²) in [7, 11) is 1.64. The molecular formula is C22H20N4O2S. The molecule has 0 aliphatic carbocycles. The highest BCUT2D eigenvalue weighted by Gasteiger charge is 2.19. The molecule has 4 rings (SSSR count). The van der Waals surface area contributed by atoms with Gasteiger partial charge in [0.15, 0.2) is 0 Å². The van der Waals surface area contributed by atoms with Crippen LogP contribution in [0.2, 0.25) is 0 Å². The molecule has 0 bridgehead atoms. The van der Waals surface area contributed by atoms with Crippen LogP contribution in [0.4, 0.5) is 0 Å². The number of para-hydroxylation sites is 1. The zero-order valence-electron chi connectivity index (χ0n) is 15.9. The quantitative estimate of drug-likeness (QED) is 0.464. The lowest BCUT2D eigenvalue weighted by Crippen LogP contribution is -2.30. The van der Waals surface area contributed by atoms with Crippen molar-refractivity contribution < 1.29 is 9.53 Å². The van der Waals surface area contributed by atoms with Crippen molar-refractivity contribution in [2.45, 2.75) is 13.1 Å². The first-order chi connectivity index (χ1) is 14.2. The van der Waals surface area contributed by atoms with E-state index in [-0.39, 0.29) is 5.91 Å². The molecule has 0 aliphatic heterocycles. The number of amides is 1. The zero-order valence-corrected chi connectivity index (χ0v) is 16.7. The fourth-order valence-electron chi connectivity index (χ4n) is 3.07. The molecule has 3 aromatic heterocycles. The molecule has 146 valence electrons. The molecule has 0 atom stereocenters. The van der Waals surface area contributed by atoms with Crippen LogP contribution in [0.3, 0.4) is 0 Å². The lowest BCUT2D eigenvalue weighted by atomic mass is 10.1. The molecule has 0 N–H and O–H groups in total. The molecule has 1 amide bonds. The highest BCUT2D eigenvalue weighted by molar-refractivity contribution is 7.09. The van der Waals surface area contributed by atoms with Crippen molar-refractivity contribution in [1.29, 1.82) is 0 Å². The third-order valence-corrected chi connectivity index (χ3v) is 5.39. The maximum absolute atomic E-state index is 13.3. The Hall–Kier alpha value is -3.45. The van der Waals surface area contributed by atoms with Crippen LogP contribution in [0.25, 0.3) is 5.82 Å². The van der Waals surface area contributed by atoms with E-state index in [9.17, 15) is 4.79 Å². The Bertz CT molecular complexity index is 1060. The number of ether oxygens (including phenoxy) is 1. The molecule has 0 unspecified atom stereocenters. The number of carbonyl (C=O) groups is 1. The van der Waals surface area contributed by atoms with Gasteiger partial charge in [0, 0.05) is 29.0 Å². The second-order valence-corrected chi connectivity index (χ2v) is 7.46. The largest absolute Gasteiger partial charge is 0.496 e. The first kappa shape index (κ1) is 18.9. The standard InChI is InChI=1S/C22H20N4O2S/c1-28-20-7-3-2-5-18(20)14-26(15-19-6-4-12-29-19)22(27)17-8-9-21(24-13-17)25-11-10-23-16-25/h2-13,16H,14-15H2,1H3. The van der Waals surface area contributed by atoms with Gasteiger partial charge in [0.2, 0.25) is 0 Å². The van der Waals surface area contributed by atoms with E-state index in [2.05, 4.69) is 9.97 Å². The van der Waals surface area contributed by atoms with E-state index in [0.717, 1.165) is 16.2 Å². The third kappa shape index (κ3) is 4.35. The topological polar surface area (TPSA) is 60.2 Å². The van der Waals surface area contributed by atoms with Gasteiger partial charge in [-0.05, 0) is 29.6 Å². The van der Waals surface area contributed by atoms with Crippen molar-refractivity contribution in [3.63, 3.8) is 0 Å². The van der Waals surface area contributed by atoms with Gasteiger partial charge >= 0.3 is 0 Å². The predicted octanol–water partition coefficient (Wildman–Crippen LogP) is 4.18. The Morgan fingerprint density at radius 2 is 2.03 bits per heavy atom. The van der Waals surface area contributed by atoms with E-state index in [1.807, 2.05) is 58.9 Å². The Labute approximate surface area is 173 Å². The van der Waals surface area contributed by atoms with Gasteiger partial charge in [-0.15, -0.1) is 11.3 Å². The number of hydrogen-bond acceptors (Lipinski definition) is 5. The number of carbonyl (C=O) groups excluding carboxylic acids is 1. The first-order valence-electron chi connectivity index (χ1n) is 9.12. The maximum atomic E-state index is 13.3. The summed E-state index contributed by atoms with van der Waals surface area (Å²) in [6.45, 7) is 0.974. The van der Waals surface area contributed by atoms with Crippen LogP contribution in [-0.4, -0.2) is 32.5 Å². The fourth-order valence-corrected chi connectivity index (χ4v) is 3.79. The SMILES string of the molecule is COc1ccccc1CN(Cc1cccs1)C(=O)c1ccc(-n2ccnc2)nc1. The number of nitrogens with zero attached hydrogens (tertiary/aromatic N) is 4. The summed E-state index contributed by atoms with van der Waals surface area (Å²) in [6.07, 6.45) is 6.79. The highest BCUT2D eigenvalue weighted by atomic mass is 32.1. The van der Waals surface area contributed by atoms with Gasteiger partial charge < -0.3 is 9.64 Å². The summed E-state index contributed by atoms with van der Waals surface area (Å²) in [6, 6.07) is 15.4. The van der Waals surface area contributed by atoms with Crippen molar-refractivity contribution in [2.24, 2.45) is 0 Å². The molecular weight excluding hydrogens is 384 g/mol. The van der Waals surface area contributed by atoms with Crippen LogP contribution in [-0.2, 0) is 13.1 Å². The number of pyridine rings is 1. The van der Waals surface area contributed by atoms with Crippen molar-refractivity contribution in [3.8, 4) is 11.6 Å². The highest BCUT2D eigenvalue weighted by Crippen LogP contribution is 2.23. The summed E-state index contributed by atoms with van der Waals surface area (Å²) in [5, 5.41) is 2.02. The minimum Gasteiger partial charge on any atom is -0.496 e. The van der Waals surface area contributed by atoms with E-state index >= 15 is 0 Å². The lowest BCUT2D eigenvalue weighted by Gasteiger charge is -2.23. The van der Waals surface area contributed by atoms with Gasteiger partial charge in [-0.1, -0.05) is 24.3 Å². The molecule has 0 spiro atoms. The van der Waals surface area contributed by atoms with Crippen LogP contribution >= 0.6 is 11.3 Å². The minimum absolute atomic E-state index is 0.0750. The van der Waals surface area contributed by atoms with Gasteiger partial charge in [0.05, 0.1) is 25.8 Å². The monoisotopic (exact) mass is 404 g/mol. The van der Waals surface area contributed by atoms with E-state index in [4.69, 9.17) is 4.74 Å². The number of imidazole rings is 1. The molecule has 0 saturated heterocycles. The number of rotatable bonds is 7. The normalized spacial score (nSPS) is 10.7. The summed E-state index contributed by atoms with van der Waals surface area (Å²) in [5.41, 5.74) is 1.50. The van der Waals surface area contributed by atoms with Gasteiger partial charge in [0.25, 0.3) is 5.91 Å². The van der Waals surface area contributed by atoms with Crippen LogP contribution < -0.4 is 4.74 Å². The van der Waals surface area contributed by atoms with Gasteiger partial charge in [-0.2, -0.15) is 0 Å². The number of thiophene rings is 1. The lowest BCUT2D eigenvalue weighted by molar-refractivity contribution is 0.0730. The Morgan fingerprint density at radius 3 is 2.72 bits per heavy atom. The average molecular weight is 404 g/mol. The van der Waals surface area contributed by atoms with Crippen molar-refractivity contribution in [3.05, 3.63) is 94.8 Å². The van der Waals surface area contributed by atoms with Crippen molar-refractivity contribution in [2.75, 3.05) is 7.11 Å². The predicted molar refractivity (Wildman–Crippen MR) is 112 cm³/mol. The molecule has 4 aromatic rings. The number of hydrogen-bond donors (Lipinski definition) is 0. The summed E-state index contributed by atoms with van der Waals surface area (Å²) in [4.78, 5) is 24.7. The molecule has 0 saturated carbocycles. The van der Waals surface area contributed by atoms with Gasteiger partial charge in [0.1, 0.15) is 17.9 Å². The zero-order chi connectivity index (χ0) is 20.1. The molecule has 0 radical (unpaired) electrons. The van der Waals surface area contributed by atoms with Gasteiger partial charge in [-0.3, -0.25) is 9.36 Å². The third-order valence-electron chi connectivity index (χ3n) is 4.53. The van der Waals surface area contributed by atoms with Crippen LogP contribution in [0.1, 0.15) is 20.8 Å². The van der Waals surface area contributed by atoms with Crippen LogP contribution in [0, 0.1) is 0 Å². The van der Waals surface area contributed by atoms with Crippen LogP contribution in [0.5, 0.6) is 5.75 Å². The summed E-state index contributed by atoms with van der Waals surface area (Å²) < 4.78 is 7.27. The Kier molecular flexibility index (Phi) is 5.67. The van der Waals surface area contributed by atoms with Crippen LogP contribution in [0.15, 0.2) is 78.8 Å². The van der Waals surface area contributed by atoms with Crippen molar-refractivity contribution >= 4 is 17.2 Å². The second kappa shape index (κ2) is 8.70. The maximum Gasteiger partial charge on any atom is 0.256 e. The summed E-state index contributed by atoms with van der Waals surface area (Å²) in [5.74, 6) is 1.41. The molecule has 29 heavy (non-hydrogen) atoms. The summed E-state index contributed by atoms with van der Waals surface area (Å²) >= 11 is 1.63. The number of aromatic nitrogens is 3. The van der Waals surface area contributed by atoms with Gasteiger partial charge in [-0.25, -0.2) is 9.97 Å². The minimum atomic E-state index is -0.0750. The second-order valence-electron chi connectivity index (χ2n) is 6.43. The molecule has 0 aliphatic rings. The number of methoxy groups -OCH3 is 1. The van der Waals surface area contributed by atoms with E-state index in [1.165, 1.54) is 0 Å². The van der Waals surface area contributed by atoms with E-state index < -0.39 is 0 Å². The Morgan fingerprint density at radius 1 is 1.14 bits per heavy atom. The number of benzene rings is 1.